The summed E-state index contributed by atoms with van der Waals surface area (Å²) in [5, 5.41) is 14.7. The summed E-state index contributed by atoms with van der Waals surface area (Å²) in [7, 11) is 0. The van der Waals surface area contributed by atoms with Crippen LogP contribution in [0.5, 0.6) is 0 Å². The topological polar surface area (TPSA) is 89.8 Å². The highest BCUT2D eigenvalue weighted by Gasteiger charge is 2.19. The second-order valence-electron chi connectivity index (χ2n) is 5.99. The highest BCUT2D eigenvalue weighted by Crippen LogP contribution is 2.22. The van der Waals surface area contributed by atoms with Crippen LogP contribution in [-0.4, -0.2) is 37.1 Å². The third-order valence-electron chi connectivity index (χ3n) is 3.86. The Morgan fingerprint density at radius 2 is 1.93 bits per heavy atom. The maximum absolute atomic E-state index is 12.5. The molecule has 0 fully saturated rings. The number of hydrogen-bond donors (Lipinski definition) is 1. The van der Waals surface area contributed by atoms with E-state index in [9.17, 15) is 9.59 Å². The molecule has 0 bridgehead atoms. The van der Waals surface area contributed by atoms with Gasteiger partial charge in [-0.3, -0.25) is 9.59 Å². The third kappa shape index (κ3) is 5.01. The Hall–Kier alpha value is -3.00. The molecule has 138 valence electrons. The van der Waals surface area contributed by atoms with Gasteiger partial charge >= 0.3 is 0 Å². The molecular weight excluding hydrogens is 362 g/mol. The number of anilines is 1. The maximum Gasteiger partial charge on any atom is 0.237 e. The summed E-state index contributed by atoms with van der Waals surface area (Å²) in [6.45, 7) is 3.81. The molecule has 0 saturated heterocycles. The standard InChI is InChI=1S/C19H19N5O2S/c1-13(25)16-9-6-10-17(11-16)20-18(26)14(2)27-19-21-22-23-24(19)12-15-7-4-3-5-8-15/h3-11,14H,12H2,1-2H3,(H,20,26). The Morgan fingerprint density at radius 1 is 1.15 bits per heavy atom. The van der Waals surface area contributed by atoms with E-state index < -0.39 is 5.25 Å². The molecule has 0 saturated carbocycles. The van der Waals surface area contributed by atoms with Crippen LogP contribution in [0.1, 0.15) is 29.8 Å². The quantitative estimate of drug-likeness (QED) is 0.500. The average Bonchev–Trinajstić information content (AvgIpc) is 3.09. The van der Waals surface area contributed by atoms with E-state index in [4.69, 9.17) is 0 Å². The average molecular weight is 381 g/mol. The van der Waals surface area contributed by atoms with Gasteiger partial charge in [-0.2, -0.15) is 0 Å². The van der Waals surface area contributed by atoms with Gasteiger partial charge in [-0.05, 0) is 42.0 Å². The molecule has 2 aromatic carbocycles. The van der Waals surface area contributed by atoms with E-state index in [-0.39, 0.29) is 11.7 Å². The number of carbonyl (C=O) groups is 2. The van der Waals surface area contributed by atoms with Crippen LogP contribution >= 0.6 is 11.8 Å². The van der Waals surface area contributed by atoms with Crippen molar-refractivity contribution in [3.63, 3.8) is 0 Å². The molecular formula is C19H19N5O2S. The van der Waals surface area contributed by atoms with Crippen LogP contribution in [-0.2, 0) is 11.3 Å². The van der Waals surface area contributed by atoms with Gasteiger partial charge in [0.25, 0.3) is 0 Å². The van der Waals surface area contributed by atoms with Crippen LogP contribution in [0.3, 0.4) is 0 Å². The molecule has 1 N–H and O–H groups in total. The number of nitrogens with zero attached hydrogens (tertiary/aromatic N) is 4. The van der Waals surface area contributed by atoms with Crippen molar-refractivity contribution in [1.29, 1.82) is 0 Å². The molecule has 1 aromatic heterocycles. The zero-order valence-electron chi connectivity index (χ0n) is 15.0. The van der Waals surface area contributed by atoms with Gasteiger partial charge < -0.3 is 5.32 Å². The van der Waals surface area contributed by atoms with Gasteiger partial charge in [-0.15, -0.1) is 5.10 Å². The van der Waals surface area contributed by atoms with Gasteiger partial charge in [-0.1, -0.05) is 54.2 Å². The SMILES string of the molecule is CC(=O)c1cccc(NC(=O)C(C)Sc2nnnn2Cc2ccccc2)c1. The lowest BCUT2D eigenvalue weighted by Gasteiger charge is -2.12. The first-order valence-electron chi connectivity index (χ1n) is 8.41. The van der Waals surface area contributed by atoms with Crippen molar-refractivity contribution in [1.82, 2.24) is 20.2 Å². The number of aromatic nitrogens is 4. The first-order valence-corrected chi connectivity index (χ1v) is 9.29. The van der Waals surface area contributed by atoms with Gasteiger partial charge in [0.1, 0.15) is 0 Å². The van der Waals surface area contributed by atoms with Crippen molar-refractivity contribution < 1.29 is 9.59 Å². The van der Waals surface area contributed by atoms with Gasteiger partial charge in [0.2, 0.25) is 11.1 Å². The van der Waals surface area contributed by atoms with Crippen molar-refractivity contribution in [3.05, 3.63) is 65.7 Å². The molecule has 7 nitrogen and oxygen atoms in total. The molecule has 0 aliphatic carbocycles. The lowest BCUT2D eigenvalue weighted by atomic mass is 10.1. The molecule has 0 aliphatic rings. The number of amides is 1. The summed E-state index contributed by atoms with van der Waals surface area (Å²) in [4.78, 5) is 24.0. The van der Waals surface area contributed by atoms with Crippen LogP contribution in [0.15, 0.2) is 59.8 Å². The largest absolute Gasteiger partial charge is 0.325 e. The Kier molecular flexibility index (Phi) is 5.97. The number of carbonyl (C=O) groups excluding carboxylic acids is 2. The molecule has 1 amide bonds. The predicted octanol–water partition coefficient (Wildman–Crippen LogP) is 3.04. The van der Waals surface area contributed by atoms with Crippen LogP contribution in [0.2, 0.25) is 0 Å². The molecule has 0 radical (unpaired) electrons. The lowest BCUT2D eigenvalue weighted by Crippen LogP contribution is -2.23. The van der Waals surface area contributed by atoms with E-state index in [1.54, 1.807) is 35.9 Å². The second-order valence-corrected chi connectivity index (χ2v) is 7.30. The molecule has 3 rings (SSSR count). The number of rotatable bonds is 7. The molecule has 27 heavy (non-hydrogen) atoms. The summed E-state index contributed by atoms with van der Waals surface area (Å²) in [5.41, 5.74) is 2.22. The van der Waals surface area contributed by atoms with Gasteiger partial charge in [0.05, 0.1) is 11.8 Å². The minimum atomic E-state index is -0.411. The summed E-state index contributed by atoms with van der Waals surface area (Å²) in [6.07, 6.45) is 0. The van der Waals surface area contributed by atoms with E-state index in [0.717, 1.165) is 5.56 Å². The maximum atomic E-state index is 12.5. The summed E-state index contributed by atoms with van der Waals surface area (Å²) >= 11 is 1.28. The zero-order valence-corrected chi connectivity index (χ0v) is 15.8. The van der Waals surface area contributed by atoms with Crippen molar-refractivity contribution in [2.75, 3.05) is 5.32 Å². The minimum Gasteiger partial charge on any atom is -0.325 e. The van der Waals surface area contributed by atoms with E-state index in [0.29, 0.717) is 23.0 Å². The fourth-order valence-electron chi connectivity index (χ4n) is 2.41. The van der Waals surface area contributed by atoms with Crippen molar-refractivity contribution in [2.45, 2.75) is 30.8 Å². The molecule has 0 aliphatic heterocycles. The highest BCUT2D eigenvalue weighted by molar-refractivity contribution is 8.00. The van der Waals surface area contributed by atoms with Gasteiger partial charge in [0, 0.05) is 11.3 Å². The third-order valence-corrected chi connectivity index (χ3v) is 4.93. The molecule has 8 heteroatoms. The zero-order chi connectivity index (χ0) is 19.2. The summed E-state index contributed by atoms with van der Waals surface area (Å²) in [6, 6.07) is 16.7. The van der Waals surface area contributed by atoms with Gasteiger partial charge in [0.15, 0.2) is 5.78 Å². The van der Waals surface area contributed by atoms with Crippen LogP contribution in [0.25, 0.3) is 0 Å². The summed E-state index contributed by atoms with van der Waals surface area (Å²) in [5.74, 6) is -0.233. The molecule has 3 aromatic rings. The van der Waals surface area contributed by atoms with E-state index in [1.165, 1.54) is 18.7 Å². The van der Waals surface area contributed by atoms with E-state index in [2.05, 4.69) is 20.8 Å². The van der Waals surface area contributed by atoms with Crippen molar-refractivity contribution in [2.24, 2.45) is 0 Å². The molecule has 1 atom stereocenters. The Morgan fingerprint density at radius 3 is 2.67 bits per heavy atom. The molecule has 0 spiro atoms. The second kappa shape index (κ2) is 8.59. The lowest BCUT2D eigenvalue weighted by molar-refractivity contribution is -0.115. The Balaban J connectivity index is 1.64. The fraction of sp³-hybridized carbons (Fsp3) is 0.211. The van der Waals surface area contributed by atoms with Crippen LogP contribution < -0.4 is 5.32 Å². The number of nitrogens with one attached hydrogen (secondary N) is 1. The van der Waals surface area contributed by atoms with E-state index >= 15 is 0 Å². The first kappa shape index (κ1) is 18.8. The van der Waals surface area contributed by atoms with E-state index in [1.807, 2.05) is 30.3 Å². The number of Topliss-reactive ketones (excluding diaryl/α,β-unsaturated/α-hetero) is 1. The smallest absolute Gasteiger partial charge is 0.237 e. The molecule has 1 heterocycles. The van der Waals surface area contributed by atoms with Crippen LogP contribution in [0, 0.1) is 0 Å². The first-order chi connectivity index (χ1) is 13.0. The van der Waals surface area contributed by atoms with Crippen molar-refractivity contribution >= 4 is 29.1 Å². The number of ketones is 1. The van der Waals surface area contributed by atoms with Crippen molar-refractivity contribution in [3.8, 4) is 0 Å². The minimum absolute atomic E-state index is 0.0476. The Labute approximate surface area is 161 Å². The number of hydrogen-bond acceptors (Lipinski definition) is 6. The normalized spacial score (nSPS) is 11.8. The highest BCUT2D eigenvalue weighted by atomic mass is 32.2. The monoisotopic (exact) mass is 381 g/mol. The van der Waals surface area contributed by atoms with Crippen LogP contribution in [0.4, 0.5) is 5.69 Å². The fourth-order valence-corrected chi connectivity index (χ4v) is 3.20. The Bertz CT molecular complexity index is 942. The number of tetrazole rings is 1. The molecule has 1 unspecified atom stereocenters. The summed E-state index contributed by atoms with van der Waals surface area (Å²) < 4.78 is 1.67. The predicted molar refractivity (Wildman–Crippen MR) is 104 cm³/mol. The number of thioether (sulfide) groups is 1. The number of benzene rings is 2. The van der Waals surface area contributed by atoms with Gasteiger partial charge in [-0.25, -0.2) is 4.68 Å².